The molecule has 0 saturated heterocycles. The second kappa shape index (κ2) is 7.04. The van der Waals surface area contributed by atoms with Gasteiger partial charge in [0.1, 0.15) is 6.10 Å². The fourth-order valence-corrected chi connectivity index (χ4v) is 1.49. The number of hydrogen-bond donors (Lipinski definition) is 2. The largest absolute Gasteiger partial charge is 0.369 e. The normalized spacial score (nSPS) is 18.9. The molecule has 2 unspecified atom stereocenters. The minimum atomic E-state index is -0.368. The standard InChI is InChI=1S/C10H20N2O2.ClH/c1-3-14-7(2)10(13)12-9(6-11)8-4-5-8;/h7-9H,3-6,11H2,1-2H3,(H,12,13);1H. The van der Waals surface area contributed by atoms with Crippen LogP contribution >= 0.6 is 12.4 Å². The molecule has 0 radical (unpaired) electrons. The van der Waals surface area contributed by atoms with E-state index in [1.54, 1.807) is 6.92 Å². The molecule has 0 aromatic carbocycles. The van der Waals surface area contributed by atoms with Crippen molar-refractivity contribution in [2.45, 2.75) is 38.8 Å². The van der Waals surface area contributed by atoms with Crippen LogP contribution in [-0.4, -0.2) is 31.2 Å². The van der Waals surface area contributed by atoms with Crippen LogP contribution in [0.2, 0.25) is 0 Å². The van der Waals surface area contributed by atoms with E-state index in [0.29, 0.717) is 19.1 Å². The first-order valence-electron chi connectivity index (χ1n) is 5.31. The van der Waals surface area contributed by atoms with Crippen molar-refractivity contribution in [3.8, 4) is 0 Å². The van der Waals surface area contributed by atoms with E-state index in [2.05, 4.69) is 5.32 Å². The molecule has 3 N–H and O–H groups in total. The minimum absolute atomic E-state index is 0. The zero-order valence-corrected chi connectivity index (χ0v) is 10.2. The summed E-state index contributed by atoms with van der Waals surface area (Å²) in [4.78, 5) is 11.5. The second-order valence-corrected chi connectivity index (χ2v) is 3.79. The third kappa shape index (κ3) is 4.82. The zero-order valence-electron chi connectivity index (χ0n) is 9.36. The van der Waals surface area contributed by atoms with E-state index in [9.17, 15) is 4.79 Å². The highest BCUT2D eigenvalue weighted by molar-refractivity contribution is 5.85. The molecular weight excluding hydrogens is 216 g/mol. The Morgan fingerprint density at radius 3 is 2.60 bits per heavy atom. The number of carbonyl (C=O) groups is 1. The van der Waals surface area contributed by atoms with Gasteiger partial charge in [-0.3, -0.25) is 4.79 Å². The quantitative estimate of drug-likeness (QED) is 0.713. The lowest BCUT2D eigenvalue weighted by Crippen LogP contribution is -2.46. The number of nitrogens with two attached hydrogens (primary N) is 1. The number of nitrogens with one attached hydrogen (secondary N) is 1. The van der Waals surface area contributed by atoms with Crippen molar-refractivity contribution in [3.05, 3.63) is 0 Å². The van der Waals surface area contributed by atoms with E-state index in [1.807, 2.05) is 6.92 Å². The lowest BCUT2D eigenvalue weighted by atomic mass is 10.2. The van der Waals surface area contributed by atoms with Crippen molar-refractivity contribution in [1.82, 2.24) is 5.32 Å². The molecule has 0 bridgehead atoms. The number of rotatable bonds is 6. The first-order valence-corrected chi connectivity index (χ1v) is 5.31. The summed E-state index contributed by atoms with van der Waals surface area (Å²) in [5.74, 6) is 0.548. The molecule has 0 aromatic heterocycles. The average molecular weight is 237 g/mol. The van der Waals surface area contributed by atoms with E-state index in [-0.39, 0.29) is 30.5 Å². The molecule has 1 aliphatic carbocycles. The molecule has 1 saturated carbocycles. The second-order valence-electron chi connectivity index (χ2n) is 3.79. The Hall–Kier alpha value is -0.320. The van der Waals surface area contributed by atoms with E-state index in [4.69, 9.17) is 10.5 Å². The number of halogens is 1. The van der Waals surface area contributed by atoms with Gasteiger partial charge in [0, 0.05) is 19.2 Å². The molecule has 1 fully saturated rings. The van der Waals surface area contributed by atoms with Crippen molar-refractivity contribution < 1.29 is 9.53 Å². The van der Waals surface area contributed by atoms with Crippen LogP contribution < -0.4 is 11.1 Å². The smallest absolute Gasteiger partial charge is 0.249 e. The summed E-state index contributed by atoms with van der Waals surface area (Å²) in [5, 5.41) is 2.92. The molecule has 0 aromatic rings. The van der Waals surface area contributed by atoms with Crippen LogP contribution in [-0.2, 0) is 9.53 Å². The van der Waals surface area contributed by atoms with Gasteiger partial charge >= 0.3 is 0 Å². The molecular formula is C10H21ClN2O2. The minimum Gasteiger partial charge on any atom is -0.369 e. The highest BCUT2D eigenvalue weighted by Crippen LogP contribution is 2.32. The predicted molar refractivity (Wildman–Crippen MR) is 62.0 cm³/mol. The van der Waals surface area contributed by atoms with Crippen LogP contribution in [0.15, 0.2) is 0 Å². The molecule has 5 heteroatoms. The van der Waals surface area contributed by atoms with Crippen LogP contribution in [0.1, 0.15) is 26.7 Å². The van der Waals surface area contributed by atoms with E-state index < -0.39 is 0 Å². The number of amides is 1. The Kier molecular flexibility index (Phi) is 6.89. The maximum atomic E-state index is 11.5. The first kappa shape index (κ1) is 14.7. The van der Waals surface area contributed by atoms with E-state index in [1.165, 1.54) is 12.8 Å². The van der Waals surface area contributed by atoms with Crippen LogP contribution in [0.25, 0.3) is 0 Å². The fraction of sp³-hybridized carbons (Fsp3) is 0.900. The summed E-state index contributed by atoms with van der Waals surface area (Å²) in [7, 11) is 0. The third-order valence-corrected chi connectivity index (χ3v) is 2.56. The van der Waals surface area contributed by atoms with Gasteiger partial charge in [0.15, 0.2) is 0 Å². The van der Waals surface area contributed by atoms with Gasteiger partial charge < -0.3 is 15.8 Å². The van der Waals surface area contributed by atoms with Gasteiger partial charge in [0.05, 0.1) is 0 Å². The van der Waals surface area contributed by atoms with Gasteiger partial charge in [-0.25, -0.2) is 0 Å². The third-order valence-electron chi connectivity index (χ3n) is 2.56. The van der Waals surface area contributed by atoms with Crippen molar-refractivity contribution in [2.75, 3.05) is 13.2 Å². The molecule has 1 amide bonds. The summed E-state index contributed by atoms with van der Waals surface area (Å²) in [5.41, 5.74) is 5.58. The van der Waals surface area contributed by atoms with Crippen LogP contribution in [0.3, 0.4) is 0 Å². The Morgan fingerprint density at radius 2 is 2.20 bits per heavy atom. The number of hydrogen-bond acceptors (Lipinski definition) is 3. The van der Waals surface area contributed by atoms with Gasteiger partial charge in [-0.15, -0.1) is 12.4 Å². The fourth-order valence-electron chi connectivity index (χ4n) is 1.49. The maximum Gasteiger partial charge on any atom is 0.249 e. The monoisotopic (exact) mass is 236 g/mol. The highest BCUT2D eigenvalue weighted by atomic mass is 35.5. The molecule has 15 heavy (non-hydrogen) atoms. The summed E-state index contributed by atoms with van der Waals surface area (Å²) in [6.07, 6.45) is 2.00. The van der Waals surface area contributed by atoms with Gasteiger partial charge in [0.2, 0.25) is 5.91 Å². The Balaban J connectivity index is 0.00000196. The summed E-state index contributed by atoms with van der Waals surface area (Å²) in [6, 6.07) is 0.144. The highest BCUT2D eigenvalue weighted by Gasteiger charge is 2.32. The van der Waals surface area contributed by atoms with Gasteiger partial charge in [-0.2, -0.15) is 0 Å². The molecule has 0 aliphatic heterocycles. The van der Waals surface area contributed by atoms with Crippen LogP contribution in [0.5, 0.6) is 0 Å². The van der Waals surface area contributed by atoms with Crippen LogP contribution in [0, 0.1) is 5.92 Å². The Morgan fingerprint density at radius 1 is 1.60 bits per heavy atom. The molecule has 90 valence electrons. The SMILES string of the molecule is CCOC(C)C(=O)NC(CN)C1CC1.Cl. The molecule has 4 nitrogen and oxygen atoms in total. The van der Waals surface area contributed by atoms with Crippen molar-refractivity contribution in [2.24, 2.45) is 11.7 Å². The van der Waals surface area contributed by atoms with Crippen molar-refractivity contribution >= 4 is 18.3 Å². The number of ether oxygens (including phenoxy) is 1. The van der Waals surface area contributed by atoms with E-state index in [0.717, 1.165) is 0 Å². The van der Waals surface area contributed by atoms with Gasteiger partial charge in [-0.05, 0) is 32.6 Å². The first-order chi connectivity index (χ1) is 6.69. The predicted octanol–water partition coefficient (Wildman–Crippen LogP) is 0.687. The molecule has 2 atom stereocenters. The van der Waals surface area contributed by atoms with Crippen molar-refractivity contribution in [1.29, 1.82) is 0 Å². The number of carbonyl (C=O) groups excluding carboxylic acids is 1. The Bertz CT molecular complexity index is 198. The lowest BCUT2D eigenvalue weighted by molar-refractivity contribution is -0.132. The summed E-state index contributed by atoms with van der Waals surface area (Å²) in [6.45, 7) is 4.73. The van der Waals surface area contributed by atoms with Gasteiger partial charge in [0.25, 0.3) is 0 Å². The summed E-state index contributed by atoms with van der Waals surface area (Å²) >= 11 is 0. The van der Waals surface area contributed by atoms with E-state index >= 15 is 0 Å². The summed E-state index contributed by atoms with van der Waals surface area (Å²) < 4.78 is 5.20. The zero-order chi connectivity index (χ0) is 10.6. The maximum absolute atomic E-state index is 11.5. The van der Waals surface area contributed by atoms with Gasteiger partial charge in [-0.1, -0.05) is 0 Å². The topological polar surface area (TPSA) is 64.3 Å². The molecule has 0 spiro atoms. The van der Waals surface area contributed by atoms with Crippen LogP contribution in [0.4, 0.5) is 0 Å². The Labute approximate surface area is 97.3 Å². The van der Waals surface area contributed by atoms with Crippen molar-refractivity contribution in [3.63, 3.8) is 0 Å². The lowest BCUT2D eigenvalue weighted by Gasteiger charge is -2.19. The average Bonchev–Trinajstić information content (AvgIpc) is 2.97. The molecule has 1 aliphatic rings. The molecule has 0 heterocycles. The molecule has 1 rings (SSSR count).